The van der Waals surface area contributed by atoms with Gasteiger partial charge in [-0.2, -0.15) is 5.26 Å². The first-order chi connectivity index (χ1) is 9.44. The van der Waals surface area contributed by atoms with E-state index < -0.39 is 28.0 Å². The predicted octanol–water partition coefficient (Wildman–Crippen LogP) is 1.09. The minimum atomic E-state index is -3.76. The zero-order valence-electron chi connectivity index (χ0n) is 10.6. The van der Waals surface area contributed by atoms with E-state index in [1.54, 1.807) is 0 Å². The second-order valence-electron chi connectivity index (χ2n) is 4.74. The summed E-state index contributed by atoms with van der Waals surface area (Å²) in [5.41, 5.74) is 0.369. The average molecular weight is 294 g/mol. The number of sulfonamides is 1. The molecule has 0 heterocycles. The van der Waals surface area contributed by atoms with Crippen LogP contribution in [0, 0.1) is 17.2 Å². The standard InChI is InChI=1S/C13H14N2O4S/c14-8-9-4-6-10(7-5-9)20(18,19)15-12-3-1-2-11(12)13(16)17/h4-7,11-12,15H,1-3H2,(H,16,17). The summed E-state index contributed by atoms with van der Waals surface area (Å²) in [5, 5.41) is 17.7. The van der Waals surface area contributed by atoms with Crippen molar-refractivity contribution < 1.29 is 18.3 Å². The van der Waals surface area contributed by atoms with Crippen molar-refractivity contribution in [3.05, 3.63) is 29.8 Å². The van der Waals surface area contributed by atoms with Crippen molar-refractivity contribution in [2.24, 2.45) is 5.92 Å². The van der Waals surface area contributed by atoms with Gasteiger partial charge in [0.05, 0.1) is 22.4 Å². The van der Waals surface area contributed by atoms with E-state index in [0.717, 1.165) is 0 Å². The lowest BCUT2D eigenvalue weighted by Gasteiger charge is -2.17. The van der Waals surface area contributed by atoms with Gasteiger partial charge in [0, 0.05) is 6.04 Å². The Bertz CT molecular complexity index is 646. The molecular formula is C13H14N2O4S. The average Bonchev–Trinajstić information content (AvgIpc) is 2.86. The molecule has 0 bridgehead atoms. The van der Waals surface area contributed by atoms with Crippen molar-refractivity contribution in [1.29, 1.82) is 5.26 Å². The number of hydrogen-bond acceptors (Lipinski definition) is 4. The monoisotopic (exact) mass is 294 g/mol. The smallest absolute Gasteiger partial charge is 0.308 e. The molecule has 1 aliphatic carbocycles. The van der Waals surface area contributed by atoms with E-state index in [1.165, 1.54) is 24.3 Å². The number of carboxylic acids is 1. The van der Waals surface area contributed by atoms with Crippen LogP contribution in [0.3, 0.4) is 0 Å². The molecule has 1 aromatic carbocycles. The molecule has 20 heavy (non-hydrogen) atoms. The van der Waals surface area contributed by atoms with Gasteiger partial charge in [-0.1, -0.05) is 6.42 Å². The first-order valence-electron chi connectivity index (χ1n) is 6.19. The van der Waals surface area contributed by atoms with Crippen molar-refractivity contribution in [1.82, 2.24) is 4.72 Å². The van der Waals surface area contributed by atoms with Crippen LogP contribution < -0.4 is 4.72 Å². The third-order valence-corrected chi connectivity index (χ3v) is 4.94. The van der Waals surface area contributed by atoms with E-state index in [1.807, 2.05) is 6.07 Å². The third kappa shape index (κ3) is 2.98. The minimum Gasteiger partial charge on any atom is -0.481 e. The molecule has 2 N–H and O–H groups in total. The van der Waals surface area contributed by atoms with Crippen LogP contribution in [-0.2, 0) is 14.8 Å². The lowest BCUT2D eigenvalue weighted by atomic mass is 10.1. The maximum Gasteiger partial charge on any atom is 0.308 e. The largest absolute Gasteiger partial charge is 0.481 e. The van der Waals surface area contributed by atoms with Gasteiger partial charge in [0.1, 0.15) is 0 Å². The van der Waals surface area contributed by atoms with E-state index in [9.17, 15) is 13.2 Å². The van der Waals surface area contributed by atoms with Crippen LogP contribution in [0.5, 0.6) is 0 Å². The van der Waals surface area contributed by atoms with Crippen molar-refractivity contribution >= 4 is 16.0 Å². The first-order valence-corrected chi connectivity index (χ1v) is 7.67. The summed E-state index contributed by atoms with van der Waals surface area (Å²) in [4.78, 5) is 11.1. The predicted molar refractivity (Wildman–Crippen MR) is 70.2 cm³/mol. The normalized spacial score (nSPS) is 22.4. The summed E-state index contributed by atoms with van der Waals surface area (Å²) in [7, 11) is -3.76. The SMILES string of the molecule is N#Cc1ccc(S(=O)(=O)NC2CCCC2C(=O)O)cc1. The van der Waals surface area contributed by atoms with Gasteiger partial charge in [0.25, 0.3) is 0 Å². The van der Waals surface area contributed by atoms with E-state index >= 15 is 0 Å². The molecule has 6 nitrogen and oxygen atoms in total. The van der Waals surface area contributed by atoms with Gasteiger partial charge in [-0.3, -0.25) is 4.79 Å². The number of nitrogens with zero attached hydrogens (tertiary/aromatic N) is 1. The lowest BCUT2D eigenvalue weighted by Crippen LogP contribution is -2.40. The summed E-state index contributed by atoms with van der Waals surface area (Å²) >= 11 is 0. The Labute approximate surface area is 117 Å². The summed E-state index contributed by atoms with van der Waals surface area (Å²) in [5.74, 6) is -1.65. The van der Waals surface area contributed by atoms with Crippen LogP contribution in [0.25, 0.3) is 0 Å². The number of rotatable bonds is 4. The molecule has 2 rings (SSSR count). The van der Waals surface area contributed by atoms with Crippen molar-refractivity contribution in [2.75, 3.05) is 0 Å². The molecule has 1 aliphatic rings. The summed E-state index contributed by atoms with van der Waals surface area (Å²) < 4.78 is 26.8. The Balaban J connectivity index is 2.18. The van der Waals surface area contributed by atoms with Crippen molar-refractivity contribution in [3.63, 3.8) is 0 Å². The van der Waals surface area contributed by atoms with Crippen molar-refractivity contribution in [3.8, 4) is 6.07 Å². The molecule has 1 aromatic rings. The van der Waals surface area contributed by atoms with E-state index in [-0.39, 0.29) is 4.90 Å². The molecule has 7 heteroatoms. The lowest BCUT2D eigenvalue weighted by molar-refractivity contribution is -0.141. The second-order valence-corrected chi connectivity index (χ2v) is 6.45. The molecular weight excluding hydrogens is 280 g/mol. The molecule has 0 aromatic heterocycles. The van der Waals surface area contributed by atoms with Crippen LogP contribution in [0.1, 0.15) is 24.8 Å². The van der Waals surface area contributed by atoms with Crippen LogP contribution >= 0.6 is 0 Å². The summed E-state index contributed by atoms with van der Waals surface area (Å²) in [6, 6.07) is 6.84. The van der Waals surface area contributed by atoms with Gasteiger partial charge in [-0.25, -0.2) is 13.1 Å². The van der Waals surface area contributed by atoms with Gasteiger partial charge in [0.2, 0.25) is 10.0 Å². The van der Waals surface area contributed by atoms with Gasteiger partial charge in [-0.05, 0) is 37.1 Å². The molecule has 0 radical (unpaired) electrons. The van der Waals surface area contributed by atoms with E-state index in [0.29, 0.717) is 24.8 Å². The summed E-state index contributed by atoms with van der Waals surface area (Å²) in [6.07, 6.45) is 1.69. The highest BCUT2D eigenvalue weighted by atomic mass is 32.2. The maximum absolute atomic E-state index is 12.2. The Morgan fingerprint density at radius 1 is 1.30 bits per heavy atom. The number of nitriles is 1. The molecule has 0 aliphatic heterocycles. The molecule has 1 fully saturated rings. The van der Waals surface area contributed by atoms with Crippen LogP contribution in [-0.4, -0.2) is 25.5 Å². The highest BCUT2D eigenvalue weighted by molar-refractivity contribution is 7.89. The highest BCUT2D eigenvalue weighted by Gasteiger charge is 2.35. The number of hydrogen-bond donors (Lipinski definition) is 2. The first kappa shape index (κ1) is 14.5. The number of aliphatic carboxylic acids is 1. The van der Waals surface area contributed by atoms with Crippen molar-refractivity contribution in [2.45, 2.75) is 30.2 Å². The molecule has 0 saturated heterocycles. The number of carboxylic acid groups (broad SMARTS) is 1. The fourth-order valence-electron chi connectivity index (χ4n) is 2.37. The quantitative estimate of drug-likeness (QED) is 0.864. The van der Waals surface area contributed by atoms with Crippen LogP contribution in [0.15, 0.2) is 29.2 Å². The second kappa shape index (κ2) is 5.61. The minimum absolute atomic E-state index is 0.0348. The number of nitrogens with one attached hydrogen (secondary N) is 1. The fraction of sp³-hybridized carbons (Fsp3) is 0.385. The molecule has 2 unspecified atom stereocenters. The van der Waals surface area contributed by atoms with Gasteiger partial charge in [0.15, 0.2) is 0 Å². The van der Waals surface area contributed by atoms with Gasteiger partial charge >= 0.3 is 5.97 Å². The molecule has 1 saturated carbocycles. The highest BCUT2D eigenvalue weighted by Crippen LogP contribution is 2.27. The van der Waals surface area contributed by atoms with E-state index in [2.05, 4.69) is 4.72 Å². The summed E-state index contributed by atoms with van der Waals surface area (Å²) in [6.45, 7) is 0. The Morgan fingerprint density at radius 3 is 2.50 bits per heavy atom. The maximum atomic E-state index is 12.2. The number of benzene rings is 1. The van der Waals surface area contributed by atoms with Gasteiger partial charge in [-0.15, -0.1) is 0 Å². The van der Waals surface area contributed by atoms with Gasteiger partial charge < -0.3 is 5.11 Å². The van der Waals surface area contributed by atoms with E-state index in [4.69, 9.17) is 10.4 Å². The molecule has 0 spiro atoms. The Kier molecular flexibility index (Phi) is 4.06. The molecule has 0 amide bonds. The third-order valence-electron chi connectivity index (χ3n) is 3.43. The topological polar surface area (TPSA) is 107 Å². The number of carbonyl (C=O) groups is 1. The molecule has 106 valence electrons. The Hall–Kier alpha value is -1.91. The zero-order chi connectivity index (χ0) is 14.8. The Morgan fingerprint density at radius 2 is 1.95 bits per heavy atom. The fourth-order valence-corrected chi connectivity index (χ4v) is 3.68. The molecule has 2 atom stereocenters. The van der Waals surface area contributed by atoms with Crippen LogP contribution in [0.2, 0.25) is 0 Å². The van der Waals surface area contributed by atoms with Crippen LogP contribution in [0.4, 0.5) is 0 Å². The zero-order valence-corrected chi connectivity index (χ0v) is 11.4.